The molecule has 2 atom stereocenters. The molecule has 1 saturated heterocycles. The molecule has 0 spiro atoms. The van der Waals surface area contributed by atoms with Gasteiger partial charge in [-0.1, -0.05) is 23.1 Å². The van der Waals surface area contributed by atoms with E-state index in [1.807, 2.05) is 16.8 Å². The number of carboxylic acids is 1. The molecule has 28 heavy (non-hydrogen) atoms. The van der Waals surface area contributed by atoms with Gasteiger partial charge in [0.2, 0.25) is 5.91 Å². The third kappa shape index (κ3) is 3.72. The van der Waals surface area contributed by atoms with Crippen LogP contribution in [0.25, 0.3) is 6.08 Å². The Hall–Kier alpha value is -2.15. The van der Waals surface area contributed by atoms with Gasteiger partial charge in [-0.3, -0.25) is 14.5 Å². The standard InChI is InChI=1S/C16H12N4O4S4/c21-10(2-1-8-3-4-25-5-8)18-11-13(22)20-12(15(23)24)9(6-26-14(11)20)28-16-19-17-7-27-16/h1-5,7,11,14H,6H2,(H,18,21)(H,23,24)/b2-1+/t11-,14-/m1/s1. The topological polar surface area (TPSA) is 112 Å². The number of nitrogens with zero attached hydrogens (tertiary/aromatic N) is 3. The third-order valence-corrected chi connectivity index (χ3v) is 7.98. The van der Waals surface area contributed by atoms with Crippen molar-refractivity contribution in [3.05, 3.63) is 44.6 Å². The van der Waals surface area contributed by atoms with Crippen LogP contribution < -0.4 is 5.32 Å². The van der Waals surface area contributed by atoms with E-state index in [-0.39, 0.29) is 11.6 Å². The van der Waals surface area contributed by atoms with E-state index in [0.29, 0.717) is 15.0 Å². The summed E-state index contributed by atoms with van der Waals surface area (Å²) in [5, 5.41) is 23.3. The van der Waals surface area contributed by atoms with Crippen LogP contribution in [0.2, 0.25) is 0 Å². The minimum Gasteiger partial charge on any atom is -0.477 e. The van der Waals surface area contributed by atoms with E-state index >= 15 is 0 Å². The van der Waals surface area contributed by atoms with Crippen molar-refractivity contribution in [1.82, 2.24) is 20.4 Å². The van der Waals surface area contributed by atoms with Gasteiger partial charge in [0.05, 0.1) is 0 Å². The first-order chi connectivity index (χ1) is 13.5. The Morgan fingerprint density at radius 2 is 2.29 bits per heavy atom. The van der Waals surface area contributed by atoms with E-state index in [1.54, 1.807) is 11.6 Å². The molecule has 4 rings (SSSR count). The van der Waals surface area contributed by atoms with E-state index in [1.165, 1.54) is 57.2 Å². The number of thiophene rings is 1. The zero-order valence-corrected chi connectivity index (χ0v) is 17.2. The second-order valence-electron chi connectivity index (χ2n) is 5.67. The van der Waals surface area contributed by atoms with Crippen LogP contribution in [-0.4, -0.2) is 55.2 Å². The van der Waals surface area contributed by atoms with Crippen LogP contribution in [0.15, 0.2) is 43.4 Å². The van der Waals surface area contributed by atoms with Crippen LogP contribution in [0.3, 0.4) is 0 Å². The van der Waals surface area contributed by atoms with Gasteiger partial charge < -0.3 is 10.4 Å². The van der Waals surface area contributed by atoms with Crippen molar-refractivity contribution in [2.75, 3.05) is 5.75 Å². The van der Waals surface area contributed by atoms with Gasteiger partial charge >= 0.3 is 5.97 Å². The van der Waals surface area contributed by atoms with Gasteiger partial charge in [-0.05, 0) is 28.5 Å². The van der Waals surface area contributed by atoms with Crippen molar-refractivity contribution in [2.24, 2.45) is 0 Å². The molecule has 2 aliphatic heterocycles. The van der Waals surface area contributed by atoms with Gasteiger partial charge in [-0.25, -0.2) is 4.79 Å². The monoisotopic (exact) mass is 452 g/mol. The van der Waals surface area contributed by atoms with Crippen LogP contribution in [0, 0.1) is 0 Å². The number of carbonyl (C=O) groups excluding carboxylic acids is 2. The summed E-state index contributed by atoms with van der Waals surface area (Å²) in [7, 11) is 0. The first kappa shape index (κ1) is 19.2. The number of fused-ring (bicyclic) bond motifs is 1. The minimum atomic E-state index is -1.17. The molecule has 1 fully saturated rings. The van der Waals surface area contributed by atoms with E-state index in [2.05, 4.69) is 15.5 Å². The van der Waals surface area contributed by atoms with Gasteiger partial charge in [0, 0.05) is 16.7 Å². The molecule has 0 radical (unpaired) electrons. The molecule has 0 saturated carbocycles. The molecular formula is C16H12N4O4S4. The molecule has 0 bridgehead atoms. The molecule has 12 heteroatoms. The number of thioether (sulfide) groups is 2. The molecule has 2 N–H and O–H groups in total. The Bertz CT molecular complexity index is 971. The molecule has 144 valence electrons. The molecule has 2 aliphatic rings. The highest BCUT2D eigenvalue weighted by Crippen LogP contribution is 2.45. The maximum absolute atomic E-state index is 12.6. The fourth-order valence-corrected chi connectivity index (χ4v) is 6.47. The average Bonchev–Trinajstić information content (AvgIpc) is 3.37. The predicted octanol–water partition coefficient (Wildman–Crippen LogP) is 2.10. The molecule has 0 unspecified atom stereocenters. The summed E-state index contributed by atoms with van der Waals surface area (Å²) in [5.74, 6) is -1.58. The van der Waals surface area contributed by atoms with E-state index < -0.39 is 23.3 Å². The number of β-lactam (4-membered cyclic amide) rings is 1. The summed E-state index contributed by atoms with van der Waals surface area (Å²) >= 11 is 5.44. The van der Waals surface area contributed by atoms with Gasteiger partial charge in [0.1, 0.15) is 22.6 Å². The Morgan fingerprint density at radius 1 is 1.43 bits per heavy atom. The Morgan fingerprint density at radius 3 is 2.96 bits per heavy atom. The largest absolute Gasteiger partial charge is 0.477 e. The summed E-state index contributed by atoms with van der Waals surface area (Å²) in [6.07, 6.45) is 3.04. The lowest BCUT2D eigenvalue weighted by molar-refractivity contribution is -0.150. The van der Waals surface area contributed by atoms with E-state index in [9.17, 15) is 19.5 Å². The molecular weight excluding hydrogens is 440 g/mol. The number of aromatic nitrogens is 2. The van der Waals surface area contributed by atoms with Crippen LogP contribution >= 0.6 is 46.2 Å². The maximum atomic E-state index is 12.6. The fourth-order valence-electron chi connectivity index (χ4n) is 2.73. The number of hydrogen-bond acceptors (Lipinski definition) is 9. The molecule has 2 aromatic rings. The van der Waals surface area contributed by atoms with Crippen LogP contribution in [0.4, 0.5) is 0 Å². The summed E-state index contributed by atoms with van der Waals surface area (Å²) < 4.78 is 0.615. The summed E-state index contributed by atoms with van der Waals surface area (Å²) in [6, 6.07) is 1.13. The second kappa shape index (κ2) is 8.07. The lowest BCUT2D eigenvalue weighted by atomic mass is 10.1. The highest BCUT2D eigenvalue weighted by Gasteiger charge is 2.54. The first-order valence-electron chi connectivity index (χ1n) is 7.90. The van der Waals surface area contributed by atoms with Crippen molar-refractivity contribution >= 4 is 70.1 Å². The van der Waals surface area contributed by atoms with Crippen molar-refractivity contribution in [3.8, 4) is 0 Å². The Kier molecular flexibility index (Phi) is 5.53. The van der Waals surface area contributed by atoms with Crippen LogP contribution in [0.5, 0.6) is 0 Å². The average molecular weight is 453 g/mol. The lowest BCUT2D eigenvalue weighted by Crippen LogP contribution is -2.70. The molecule has 0 aromatic carbocycles. The van der Waals surface area contributed by atoms with Gasteiger partial charge in [-0.15, -0.1) is 22.0 Å². The number of hydrogen-bond donors (Lipinski definition) is 2. The van der Waals surface area contributed by atoms with Gasteiger partial charge in [0.25, 0.3) is 5.91 Å². The van der Waals surface area contributed by atoms with Crippen molar-refractivity contribution in [1.29, 1.82) is 0 Å². The fraction of sp³-hybridized carbons (Fsp3) is 0.188. The number of carbonyl (C=O) groups is 3. The van der Waals surface area contributed by atoms with E-state index in [0.717, 1.165) is 5.56 Å². The highest BCUT2D eigenvalue weighted by molar-refractivity contribution is 8.07. The number of aliphatic carboxylic acids is 1. The molecule has 8 nitrogen and oxygen atoms in total. The Labute approximate surface area is 175 Å². The highest BCUT2D eigenvalue weighted by atomic mass is 32.2. The Balaban J connectivity index is 1.47. The summed E-state index contributed by atoms with van der Waals surface area (Å²) in [6.45, 7) is 0. The number of amides is 2. The molecule has 2 amide bonds. The first-order valence-corrected chi connectivity index (χ1v) is 11.6. The summed E-state index contributed by atoms with van der Waals surface area (Å²) in [4.78, 5) is 38.3. The van der Waals surface area contributed by atoms with Crippen LogP contribution in [0.1, 0.15) is 5.56 Å². The minimum absolute atomic E-state index is 0.0479. The van der Waals surface area contributed by atoms with Gasteiger partial charge in [-0.2, -0.15) is 11.3 Å². The SMILES string of the molecule is O=C(/C=C/c1ccsc1)N[C@@H]1C(=O)N2C(C(=O)O)=C(Sc3nncs3)CS[C@H]12. The second-order valence-corrected chi connectivity index (χ2v) is 9.73. The lowest BCUT2D eigenvalue weighted by Gasteiger charge is -2.49. The molecule has 4 heterocycles. The van der Waals surface area contributed by atoms with Crippen molar-refractivity contribution in [2.45, 2.75) is 15.8 Å². The van der Waals surface area contributed by atoms with Crippen molar-refractivity contribution < 1.29 is 19.5 Å². The molecule has 0 aliphatic carbocycles. The number of nitrogens with one attached hydrogen (secondary N) is 1. The van der Waals surface area contributed by atoms with Crippen molar-refractivity contribution in [3.63, 3.8) is 0 Å². The normalized spacial score (nSPS) is 21.6. The van der Waals surface area contributed by atoms with Gasteiger partial charge in [0.15, 0.2) is 4.34 Å². The predicted molar refractivity (Wildman–Crippen MR) is 109 cm³/mol. The summed E-state index contributed by atoms with van der Waals surface area (Å²) in [5.41, 5.74) is 2.42. The van der Waals surface area contributed by atoms with Crippen LogP contribution in [-0.2, 0) is 14.4 Å². The zero-order valence-electron chi connectivity index (χ0n) is 14.0. The maximum Gasteiger partial charge on any atom is 0.353 e. The third-order valence-electron chi connectivity index (χ3n) is 3.95. The zero-order chi connectivity index (χ0) is 19.7. The quantitative estimate of drug-likeness (QED) is 0.506. The molecule has 2 aromatic heterocycles. The smallest absolute Gasteiger partial charge is 0.353 e. The number of carboxylic acid groups (broad SMARTS) is 1. The number of rotatable bonds is 6. The van der Waals surface area contributed by atoms with E-state index in [4.69, 9.17) is 0 Å².